The van der Waals surface area contributed by atoms with Gasteiger partial charge in [-0.3, -0.25) is 4.79 Å². The van der Waals surface area contributed by atoms with Crippen molar-refractivity contribution >= 4 is 23.2 Å². The number of nitrogens with zero attached hydrogens (tertiary/aromatic N) is 1. The molecule has 2 rings (SSSR count). The molecule has 1 aromatic carbocycles. The topological polar surface area (TPSA) is 91.3 Å². The maximum atomic E-state index is 12.0. The van der Waals surface area contributed by atoms with E-state index in [0.717, 1.165) is 16.9 Å². The molecular formula is C20H25N2O4S-. The first-order chi connectivity index (χ1) is 12.6. The third kappa shape index (κ3) is 6.67. The van der Waals surface area contributed by atoms with Crippen molar-refractivity contribution in [2.24, 2.45) is 0 Å². The fourth-order valence-electron chi connectivity index (χ4n) is 2.58. The number of ether oxygens (including phenoxy) is 1. The van der Waals surface area contributed by atoms with Crippen LogP contribution in [0.15, 0.2) is 23.6 Å². The van der Waals surface area contributed by atoms with Crippen molar-refractivity contribution in [2.45, 2.75) is 46.0 Å². The Morgan fingerprint density at radius 1 is 1.26 bits per heavy atom. The molecule has 146 valence electrons. The summed E-state index contributed by atoms with van der Waals surface area (Å²) >= 11 is 1.27. The predicted molar refractivity (Wildman–Crippen MR) is 103 cm³/mol. The summed E-state index contributed by atoms with van der Waals surface area (Å²) in [6.07, 6.45) is -0.117. The highest BCUT2D eigenvalue weighted by Gasteiger charge is 2.19. The number of benzene rings is 1. The Hall–Kier alpha value is -2.41. The number of carboxylic acids is 1. The number of aromatic nitrogens is 1. The minimum atomic E-state index is -1.18. The van der Waals surface area contributed by atoms with E-state index in [-0.39, 0.29) is 24.2 Å². The SMILES string of the molecule is Cc1ccc(C(C)(C)C)c(OCCNC(=O)Cc2nc(CC(=O)[O-])cs2)c1. The molecule has 0 fully saturated rings. The Kier molecular flexibility index (Phi) is 6.96. The summed E-state index contributed by atoms with van der Waals surface area (Å²) in [5.74, 6) is -0.518. The number of nitrogens with one attached hydrogen (secondary N) is 1. The number of carbonyl (C=O) groups excluding carboxylic acids is 2. The number of hydrogen-bond acceptors (Lipinski definition) is 6. The highest BCUT2D eigenvalue weighted by Crippen LogP contribution is 2.31. The Morgan fingerprint density at radius 2 is 2.00 bits per heavy atom. The average molecular weight is 389 g/mol. The normalized spacial score (nSPS) is 11.3. The second kappa shape index (κ2) is 8.99. The molecule has 7 heteroatoms. The van der Waals surface area contributed by atoms with Gasteiger partial charge in [0.2, 0.25) is 5.91 Å². The van der Waals surface area contributed by atoms with E-state index < -0.39 is 5.97 Å². The van der Waals surface area contributed by atoms with Crippen molar-refractivity contribution in [1.82, 2.24) is 10.3 Å². The first kappa shape index (κ1) is 20.9. The van der Waals surface area contributed by atoms with Gasteiger partial charge in [0.25, 0.3) is 0 Å². The molecule has 6 nitrogen and oxygen atoms in total. The first-order valence-corrected chi connectivity index (χ1v) is 9.67. The molecule has 0 atom stereocenters. The summed E-state index contributed by atoms with van der Waals surface area (Å²) in [6, 6.07) is 6.16. The van der Waals surface area contributed by atoms with E-state index in [0.29, 0.717) is 23.9 Å². The molecule has 0 radical (unpaired) electrons. The molecule has 0 aliphatic heterocycles. The van der Waals surface area contributed by atoms with Crippen molar-refractivity contribution < 1.29 is 19.4 Å². The molecule has 0 saturated carbocycles. The van der Waals surface area contributed by atoms with Crippen LogP contribution >= 0.6 is 11.3 Å². The third-order valence-electron chi connectivity index (χ3n) is 3.86. The van der Waals surface area contributed by atoms with Gasteiger partial charge in [-0.15, -0.1) is 11.3 Å². The summed E-state index contributed by atoms with van der Waals surface area (Å²) in [7, 11) is 0. The zero-order chi connectivity index (χ0) is 20.0. The molecule has 0 saturated heterocycles. The minimum absolute atomic E-state index is 0.0275. The summed E-state index contributed by atoms with van der Waals surface area (Å²) < 4.78 is 5.89. The van der Waals surface area contributed by atoms with Crippen LogP contribution in [0.2, 0.25) is 0 Å². The molecule has 0 aliphatic rings. The van der Waals surface area contributed by atoms with Crippen molar-refractivity contribution in [1.29, 1.82) is 0 Å². The van der Waals surface area contributed by atoms with Gasteiger partial charge in [0.15, 0.2) is 0 Å². The van der Waals surface area contributed by atoms with Gasteiger partial charge in [0.05, 0.1) is 18.7 Å². The molecule has 1 heterocycles. The van der Waals surface area contributed by atoms with Crippen molar-refractivity contribution in [3.63, 3.8) is 0 Å². The third-order valence-corrected chi connectivity index (χ3v) is 4.76. The van der Waals surface area contributed by atoms with E-state index in [9.17, 15) is 14.7 Å². The van der Waals surface area contributed by atoms with E-state index in [1.165, 1.54) is 11.3 Å². The number of thiazole rings is 1. The number of aliphatic carboxylic acids is 1. The van der Waals surface area contributed by atoms with Crippen LogP contribution in [0, 0.1) is 6.92 Å². The molecule has 0 unspecified atom stereocenters. The monoisotopic (exact) mass is 389 g/mol. The molecular weight excluding hydrogens is 364 g/mol. The fourth-order valence-corrected chi connectivity index (χ4v) is 3.37. The summed E-state index contributed by atoms with van der Waals surface area (Å²) in [5, 5.41) is 15.6. The zero-order valence-corrected chi connectivity index (χ0v) is 16.9. The Balaban J connectivity index is 1.81. The van der Waals surface area contributed by atoms with Gasteiger partial charge < -0.3 is 20.0 Å². The van der Waals surface area contributed by atoms with Gasteiger partial charge in [-0.2, -0.15) is 0 Å². The molecule has 0 spiro atoms. The number of aryl methyl sites for hydroxylation is 1. The maximum Gasteiger partial charge on any atom is 0.226 e. The molecule has 1 aromatic heterocycles. The lowest BCUT2D eigenvalue weighted by Gasteiger charge is -2.23. The number of rotatable bonds is 8. The van der Waals surface area contributed by atoms with E-state index in [1.807, 2.05) is 13.0 Å². The largest absolute Gasteiger partial charge is 0.550 e. The summed E-state index contributed by atoms with van der Waals surface area (Å²) in [5.41, 5.74) is 2.64. The van der Waals surface area contributed by atoms with Crippen LogP contribution in [0.1, 0.15) is 42.6 Å². The number of amides is 1. The number of carboxylic acid groups (broad SMARTS) is 1. The van der Waals surface area contributed by atoms with E-state index in [4.69, 9.17) is 4.74 Å². The lowest BCUT2D eigenvalue weighted by molar-refractivity contribution is -0.304. The van der Waals surface area contributed by atoms with Crippen LogP contribution in [0.5, 0.6) is 5.75 Å². The van der Waals surface area contributed by atoms with Crippen LogP contribution in [0.25, 0.3) is 0 Å². The van der Waals surface area contributed by atoms with Crippen molar-refractivity contribution in [3.05, 3.63) is 45.4 Å². The van der Waals surface area contributed by atoms with Gasteiger partial charge in [-0.25, -0.2) is 4.98 Å². The zero-order valence-electron chi connectivity index (χ0n) is 16.1. The van der Waals surface area contributed by atoms with Crippen molar-refractivity contribution in [2.75, 3.05) is 13.2 Å². The summed E-state index contributed by atoms with van der Waals surface area (Å²) in [6.45, 7) is 9.17. The smallest absolute Gasteiger partial charge is 0.226 e. The summed E-state index contributed by atoms with van der Waals surface area (Å²) in [4.78, 5) is 26.7. The van der Waals surface area contributed by atoms with Gasteiger partial charge in [0.1, 0.15) is 17.4 Å². The predicted octanol–water partition coefficient (Wildman–Crippen LogP) is 1.78. The van der Waals surface area contributed by atoms with E-state index in [1.54, 1.807) is 5.38 Å². The molecule has 27 heavy (non-hydrogen) atoms. The molecule has 1 N–H and O–H groups in total. The van der Waals surface area contributed by atoms with Crippen LogP contribution in [0.3, 0.4) is 0 Å². The maximum absolute atomic E-state index is 12.0. The Labute approximate surface area is 163 Å². The van der Waals surface area contributed by atoms with E-state index in [2.05, 4.69) is 43.2 Å². The highest BCUT2D eigenvalue weighted by molar-refractivity contribution is 7.09. The lowest BCUT2D eigenvalue weighted by Crippen LogP contribution is -2.29. The van der Waals surface area contributed by atoms with Gasteiger partial charge >= 0.3 is 0 Å². The second-order valence-corrected chi connectivity index (χ2v) is 8.35. The second-order valence-electron chi connectivity index (χ2n) is 7.41. The fraction of sp³-hybridized carbons (Fsp3) is 0.450. The average Bonchev–Trinajstić information content (AvgIpc) is 2.96. The molecule has 2 aromatic rings. The van der Waals surface area contributed by atoms with Gasteiger partial charge in [-0.1, -0.05) is 32.9 Å². The van der Waals surface area contributed by atoms with Gasteiger partial charge in [0, 0.05) is 17.8 Å². The number of carbonyl (C=O) groups is 2. The Morgan fingerprint density at radius 3 is 2.67 bits per heavy atom. The Bertz CT molecular complexity index is 809. The molecule has 0 bridgehead atoms. The first-order valence-electron chi connectivity index (χ1n) is 8.79. The van der Waals surface area contributed by atoms with Crippen molar-refractivity contribution in [3.8, 4) is 5.75 Å². The van der Waals surface area contributed by atoms with Crippen LogP contribution in [-0.4, -0.2) is 30.0 Å². The minimum Gasteiger partial charge on any atom is -0.550 e. The van der Waals surface area contributed by atoms with Gasteiger partial charge in [-0.05, 0) is 29.5 Å². The van der Waals surface area contributed by atoms with Crippen LogP contribution in [-0.2, 0) is 27.8 Å². The quantitative estimate of drug-likeness (QED) is 0.695. The van der Waals surface area contributed by atoms with Crippen LogP contribution in [0.4, 0.5) is 0 Å². The highest BCUT2D eigenvalue weighted by atomic mass is 32.1. The number of hydrogen-bond donors (Lipinski definition) is 1. The standard InChI is InChI=1S/C20H26N2O4S/c1-13-5-6-15(20(2,3)4)16(9-13)26-8-7-21-17(23)11-18-22-14(12-27-18)10-19(24)25/h5-6,9,12H,7-8,10-11H2,1-4H3,(H,21,23)(H,24,25)/p-1. The van der Waals surface area contributed by atoms with Crippen LogP contribution < -0.4 is 15.2 Å². The lowest BCUT2D eigenvalue weighted by atomic mass is 9.86. The van der Waals surface area contributed by atoms with E-state index >= 15 is 0 Å². The molecule has 0 aliphatic carbocycles. The molecule has 1 amide bonds.